The van der Waals surface area contributed by atoms with Gasteiger partial charge in [-0.1, -0.05) is 0 Å². The Morgan fingerprint density at radius 1 is 0.896 bits per heavy atom. The molecule has 3 heterocycles. The number of carbonyl (C=O) groups is 2. The van der Waals surface area contributed by atoms with Gasteiger partial charge in [-0.2, -0.15) is 0 Å². The molecule has 0 fully saturated rings. The molecule has 0 saturated carbocycles. The quantitative estimate of drug-likeness (QED) is 0.0353. The Hall–Kier alpha value is -4.97. The van der Waals surface area contributed by atoms with E-state index in [0.717, 1.165) is 36.3 Å². The van der Waals surface area contributed by atoms with Crippen molar-refractivity contribution in [2.45, 2.75) is 19.3 Å². The number of nitrogens with one attached hydrogen (secondary N) is 6. The van der Waals surface area contributed by atoms with E-state index in [1.807, 2.05) is 12.1 Å². The molecule has 3 aromatic rings. The van der Waals surface area contributed by atoms with Gasteiger partial charge in [-0.05, 0) is 25.0 Å². The second-order valence-electron chi connectivity index (χ2n) is 10.2. The first kappa shape index (κ1) is 37.5. The number of pyridine rings is 1. The van der Waals surface area contributed by atoms with Gasteiger partial charge in [-0.15, -0.1) is 0 Å². The summed E-state index contributed by atoms with van der Waals surface area (Å²) in [6.45, 7) is 4.36. The molecule has 3 rings (SSSR count). The summed E-state index contributed by atoms with van der Waals surface area (Å²) in [5.74, 6) is 0.174. The number of H-pyrrole nitrogens is 1. The lowest BCUT2D eigenvalue weighted by atomic mass is 10.0. The normalized spacial score (nSPS) is 11.4. The van der Waals surface area contributed by atoms with Crippen LogP contribution in [0.1, 0.15) is 30.4 Å². The smallest absolute Gasteiger partial charge is 0.254 e. The number of aromatic amines is 1. The van der Waals surface area contributed by atoms with Crippen LogP contribution in [0.3, 0.4) is 0 Å². The molecule has 0 aliphatic carbocycles. The first-order valence-corrected chi connectivity index (χ1v) is 15.6. The van der Waals surface area contributed by atoms with Crippen LogP contribution in [0.4, 0.5) is 11.6 Å². The lowest BCUT2D eigenvalue weighted by molar-refractivity contribution is -0.122. The fourth-order valence-corrected chi connectivity index (χ4v) is 4.23. The number of nitrogens with two attached hydrogens (primary N) is 2. The van der Waals surface area contributed by atoms with Crippen molar-refractivity contribution >= 4 is 46.4 Å². The van der Waals surface area contributed by atoms with Crippen LogP contribution in [0, 0.1) is 10.8 Å². The largest absolute Gasteiger partial charge is 0.404 e. The van der Waals surface area contributed by atoms with E-state index in [1.165, 1.54) is 6.33 Å². The third-order valence-corrected chi connectivity index (χ3v) is 6.75. The molecule has 10 N–H and O–H groups in total. The number of hydrogen-bond donors (Lipinski definition) is 8. The molecular formula is C31H45N11O6. The summed E-state index contributed by atoms with van der Waals surface area (Å²) in [6.07, 6.45) is 8.51. The molecule has 48 heavy (non-hydrogen) atoms. The maximum Gasteiger partial charge on any atom is 0.254 e. The van der Waals surface area contributed by atoms with Gasteiger partial charge >= 0.3 is 0 Å². The highest BCUT2D eigenvalue weighted by Crippen LogP contribution is 2.23. The molecule has 0 aromatic carbocycles. The van der Waals surface area contributed by atoms with Crippen molar-refractivity contribution in [1.29, 1.82) is 10.8 Å². The Labute approximate surface area is 278 Å². The fraction of sp³-hybridized carbons (Fsp3) is 0.452. The van der Waals surface area contributed by atoms with Crippen LogP contribution >= 0.6 is 0 Å². The van der Waals surface area contributed by atoms with E-state index < -0.39 is 5.91 Å². The van der Waals surface area contributed by atoms with Gasteiger partial charge in [0.25, 0.3) is 5.91 Å². The van der Waals surface area contributed by atoms with Crippen molar-refractivity contribution in [1.82, 2.24) is 30.6 Å². The van der Waals surface area contributed by atoms with Gasteiger partial charge in [0.15, 0.2) is 0 Å². The Morgan fingerprint density at radius 2 is 1.58 bits per heavy atom. The first-order chi connectivity index (χ1) is 23.4. The van der Waals surface area contributed by atoms with Crippen molar-refractivity contribution in [2.75, 3.05) is 83.5 Å². The summed E-state index contributed by atoms with van der Waals surface area (Å²) in [4.78, 5) is 39.4. The summed E-state index contributed by atoms with van der Waals surface area (Å²) in [6, 6.07) is 3.76. The molecule has 0 radical (unpaired) electrons. The average molecular weight is 668 g/mol. The van der Waals surface area contributed by atoms with Crippen LogP contribution < -0.4 is 27.4 Å². The van der Waals surface area contributed by atoms with Crippen LogP contribution in [-0.2, 0) is 28.5 Å². The maximum atomic E-state index is 12.1. The SMILES string of the molecule is N=C/C(=C\N)C(=O)NCCOCCOCCOCCOCCC(=O)NCCCCNc1ncnc(N)c1C(=N)c1cnc2[nH]ccc2c1. The second-order valence-corrected chi connectivity index (χ2v) is 10.2. The molecule has 2 amide bonds. The van der Waals surface area contributed by atoms with E-state index in [4.69, 9.17) is 41.2 Å². The molecule has 0 spiro atoms. The Kier molecular flexibility index (Phi) is 17.0. The van der Waals surface area contributed by atoms with E-state index >= 15 is 0 Å². The van der Waals surface area contributed by atoms with Crippen molar-refractivity contribution in [3.05, 3.63) is 53.8 Å². The molecule has 260 valence electrons. The number of anilines is 2. The lowest BCUT2D eigenvalue weighted by Gasteiger charge is -2.13. The number of hydrogen-bond acceptors (Lipinski definition) is 14. The minimum atomic E-state index is -0.421. The molecule has 0 atom stereocenters. The summed E-state index contributed by atoms with van der Waals surface area (Å²) in [7, 11) is 0. The van der Waals surface area contributed by atoms with E-state index in [9.17, 15) is 9.59 Å². The van der Waals surface area contributed by atoms with E-state index in [2.05, 4.69) is 35.9 Å². The zero-order valence-electron chi connectivity index (χ0n) is 26.9. The van der Waals surface area contributed by atoms with Gasteiger partial charge in [-0.3, -0.25) is 15.0 Å². The van der Waals surface area contributed by atoms with Crippen LogP contribution in [-0.4, -0.2) is 116 Å². The summed E-state index contributed by atoms with van der Waals surface area (Å²) >= 11 is 0. The Balaban J connectivity index is 1.14. The van der Waals surface area contributed by atoms with Crippen LogP contribution in [0.15, 0.2) is 42.6 Å². The van der Waals surface area contributed by atoms with Gasteiger partial charge in [0.1, 0.15) is 23.6 Å². The first-order valence-electron chi connectivity index (χ1n) is 15.6. The van der Waals surface area contributed by atoms with Crippen LogP contribution in [0.25, 0.3) is 11.0 Å². The third kappa shape index (κ3) is 13.0. The minimum Gasteiger partial charge on any atom is -0.404 e. The predicted octanol–water partition coefficient (Wildman–Crippen LogP) is 0.724. The number of ether oxygens (including phenoxy) is 4. The molecule has 0 aliphatic heterocycles. The average Bonchev–Trinajstić information content (AvgIpc) is 3.56. The molecule has 0 saturated heterocycles. The number of nitrogen functional groups attached to an aromatic ring is 1. The number of rotatable bonds is 25. The van der Waals surface area contributed by atoms with E-state index in [1.54, 1.807) is 12.4 Å². The molecule has 0 unspecified atom stereocenters. The van der Waals surface area contributed by atoms with Crippen LogP contribution in [0.5, 0.6) is 0 Å². The number of aromatic nitrogens is 4. The summed E-state index contributed by atoms with van der Waals surface area (Å²) < 4.78 is 21.7. The molecule has 0 aliphatic rings. The number of carbonyl (C=O) groups excluding carboxylic acids is 2. The zero-order chi connectivity index (χ0) is 34.4. The number of unbranched alkanes of at least 4 members (excludes halogenated alkanes) is 1. The van der Waals surface area contributed by atoms with Crippen molar-refractivity contribution in [2.24, 2.45) is 5.73 Å². The molecule has 3 aromatic heterocycles. The van der Waals surface area contributed by atoms with Crippen molar-refractivity contribution in [3.8, 4) is 0 Å². The molecular weight excluding hydrogens is 622 g/mol. The zero-order valence-corrected chi connectivity index (χ0v) is 26.9. The van der Waals surface area contributed by atoms with E-state index in [0.29, 0.717) is 89.4 Å². The van der Waals surface area contributed by atoms with Gasteiger partial charge in [0.2, 0.25) is 5.91 Å². The van der Waals surface area contributed by atoms with E-state index in [-0.39, 0.29) is 29.4 Å². The monoisotopic (exact) mass is 667 g/mol. The Morgan fingerprint density at radius 3 is 2.29 bits per heavy atom. The molecule has 17 nitrogen and oxygen atoms in total. The summed E-state index contributed by atoms with van der Waals surface area (Å²) in [5, 5.41) is 25.4. The highest BCUT2D eigenvalue weighted by atomic mass is 16.6. The van der Waals surface area contributed by atoms with Gasteiger partial charge in [0.05, 0.1) is 69.7 Å². The number of fused-ring (bicyclic) bond motifs is 1. The molecule has 17 heteroatoms. The highest BCUT2D eigenvalue weighted by molar-refractivity contribution is 6.16. The van der Waals surface area contributed by atoms with Crippen molar-refractivity contribution in [3.63, 3.8) is 0 Å². The fourth-order valence-electron chi connectivity index (χ4n) is 4.23. The number of amides is 2. The second kappa shape index (κ2) is 21.8. The van der Waals surface area contributed by atoms with Crippen molar-refractivity contribution < 1.29 is 28.5 Å². The molecule has 0 bridgehead atoms. The maximum absolute atomic E-state index is 12.1. The minimum absolute atomic E-state index is 0.0855. The third-order valence-electron chi connectivity index (χ3n) is 6.75. The standard InChI is InChI=1S/C31H45N11O6/c32-18-24(19-33)31(44)39-8-10-46-12-14-48-16-15-47-13-11-45-9-4-25(43)36-5-1-2-6-37-30-26(28(35)41-21-42-30)27(34)23-17-22-3-7-38-29(22)40-20-23/h3,7,17-21,32,34H,1-2,4-6,8-16,33H2,(H,36,43)(H,38,40)(H,39,44)(H3,35,37,41,42)/b24-19+,32-18?,34-27?. The highest BCUT2D eigenvalue weighted by Gasteiger charge is 2.17. The topological polar surface area (TPSA) is 261 Å². The Bertz CT molecular complexity index is 1500. The predicted molar refractivity (Wildman–Crippen MR) is 181 cm³/mol. The lowest BCUT2D eigenvalue weighted by Crippen LogP contribution is -2.29. The van der Waals surface area contributed by atoms with Gasteiger partial charge in [0, 0.05) is 61.8 Å². The van der Waals surface area contributed by atoms with Gasteiger partial charge in [-0.25, -0.2) is 15.0 Å². The van der Waals surface area contributed by atoms with Gasteiger partial charge < -0.3 is 56.8 Å². The number of nitrogens with zero attached hydrogens (tertiary/aromatic N) is 3. The summed E-state index contributed by atoms with van der Waals surface area (Å²) in [5.41, 5.74) is 13.4. The van der Waals surface area contributed by atoms with Crippen LogP contribution in [0.2, 0.25) is 0 Å².